The van der Waals surface area contributed by atoms with E-state index in [1.807, 2.05) is 13.8 Å². The van der Waals surface area contributed by atoms with Crippen LogP contribution in [-0.2, 0) is 16.0 Å². The lowest BCUT2D eigenvalue weighted by Crippen LogP contribution is -2.41. The summed E-state index contributed by atoms with van der Waals surface area (Å²) < 4.78 is 37.0. The van der Waals surface area contributed by atoms with Gasteiger partial charge in [-0.3, -0.25) is 19.0 Å². The van der Waals surface area contributed by atoms with Crippen LogP contribution in [0.1, 0.15) is 87.6 Å². The molecule has 5 rings (SSSR count). The van der Waals surface area contributed by atoms with Gasteiger partial charge in [-0.25, -0.2) is 13.6 Å². The van der Waals surface area contributed by atoms with E-state index in [-0.39, 0.29) is 53.4 Å². The Morgan fingerprint density at radius 2 is 1.75 bits per heavy atom. The molecule has 3 amide bonds. The lowest BCUT2D eigenvalue weighted by molar-refractivity contribution is -0.126. The largest absolute Gasteiger partial charge is 0.444 e. The van der Waals surface area contributed by atoms with E-state index in [2.05, 4.69) is 10.6 Å². The van der Waals surface area contributed by atoms with Crippen molar-refractivity contribution < 1.29 is 32.7 Å². The molecule has 2 heterocycles. The molecule has 48 heavy (non-hydrogen) atoms. The summed E-state index contributed by atoms with van der Waals surface area (Å²) in [6, 6.07) is 7.00. The summed E-state index contributed by atoms with van der Waals surface area (Å²) in [7, 11) is 1.61. The Morgan fingerprint density at radius 1 is 1.06 bits per heavy atom. The molecule has 1 aliphatic heterocycles. The molecule has 1 aliphatic carbocycles. The lowest BCUT2D eigenvalue weighted by Gasteiger charge is -2.31. The number of carbonyl (C=O) groups is 4. The van der Waals surface area contributed by atoms with Gasteiger partial charge in [0.2, 0.25) is 11.8 Å². The normalized spacial score (nSPS) is 19.0. The maximum Gasteiger partial charge on any atom is 0.410 e. The van der Waals surface area contributed by atoms with Gasteiger partial charge in [-0.15, -0.1) is 0 Å². The number of ether oxygens (including phenoxy) is 1. The second-order valence-corrected chi connectivity index (χ2v) is 14.9. The highest BCUT2D eigenvalue weighted by atomic mass is 19.1. The Kier molecular flexibility index (Phi) is 9.58. The quantitative estimate of drug-likeness (QED) is 0.260. The Morgan fingerprint density at radius 3 is 2.40 bits per heavy atom. The van der Waals surface area contributed by atoms with Crippen molar-refractivity contribution in [3.05, 3.63) is 53.2 Å². The summed E-state index contributed by atoms with van der Waals surface area (Å²) >= 11 is 0. The van der Waals surface area contributed by atoms with E-state index >= 15 is 4.39 Å². The molecule has 4 N–H and O–H groups in total. The third-order valence-electron chi connectivity index (χ3n) is 9.09. The van der Waals surface area contributed by atoms with Gasteiger partial charge in [0.15, 0.2) is 0 Å². The minimum Gasteiger partial charge on any atom is -0.444 e. The summed E-state index contributed by atoms with van der Waals surface area (Å²) in [6.07, 6.45) is 2.65. The zero-order valence-electron chi connectivity index (χ0n) is 28.5. The average molecular weight is 666 g/mol. The average Bonchev–Trinajstić information content (AvgIpc) is 3.28. The molecule has 0 bridgehead atoms. The molecule has 1 saturated carbocycles. The van der Waals surface area contributed by atoms with Gasteiger partial charge in [0.1, 0.15) is 17.2 Å². The van der Waals surface area contributed by atoms with Crippen LogP contribution in [0.3, 0.4) is 0 Å². The van der Waals surface area contributed by atoms with Gasteiger partial charge in [-0.1, -0.05) is 13.8 Å². The molecule has 12 heteroatoms. The van der Waals surface area contributed by atoms with Crippen molar-refractivity contribution in [2.24, 2.45) is 17.1 Å². The van der Waals surface area contributed by atoms with Crippen LogP contribution in [-0.4, -0.2) is 65.1 Å². The van der Waals surface area contributed by atoms with Gasteiger partial charge < -0.3 is 26.0 Å². The number of hydrogen-bond donors (Lipinski definition) is 3. The minimum absolute atomic E-state index is 0.101. The van der Waals surface area contributed by atoms with Crippen LogP contribution in [0.2, 0.25) is 0 Å². The van der Waals surface area contributed by atoms with Crippen LogP contribution in [0, 0.1) is 23.0 Å². The smallest absolute Gasteiger partial charge is 0.410 e. The summed E-state index contributed by atoms with van der Waals surface area (Å²) in [5.41, 5.74) is 6.77. The van der Waals surface area contributed by atoms with E-state index in [0.29, 0.717) is 66.4 Å². The van der Waals surface area contributed by atoms with Gasteiger partial charge in [0, 0.05) is 55.2 Å². The fraction of sp³-hybridized carbons (Fsp3) is 0.500. The molecule has 258 valence electrons. The number of rotatable bonds is 8. The fourth-order valence-electron chi connectivity index (χ4n) is 6.85. The Bertz CT molecular complexity index is 1770. The fourth-order valence-corrected chi connectivity index (χ4v) is 6.85. The van der Waals surface area contributed by atoms with E-state index < -0.39 is 29.2 Å². The van der Waals surface area contributed by atoms with Crippen molar-refractivity contribution in [3.63, 3.8) is 0 Å². The summed E-state index contributed by atoms with van der Waals surface area (Å²) in [5, 5.41) is 6.83. The molecular formula is C36H45F2N5O5. The molecule has 2 aromatic carbocycles. The van der Waals surface area contributed by atoms with Crippen LogP contribution in [0.15, 0.2) is 30.3 Å². The molecule has 0 spiro atoms. The van der Waals surface area contributed by atoms with Crippen molar-refractivity contribution >= 4 is 40.4 Å². The standard InChI is InChI=1S/C36H45F2N5O5/c1-35(2,3)48-34(47)42(6)14-13-40-33(46)20-7-10-23(11-8-20)41-26-16-21(15-25(38)31(26)32(39)45)30-24-12-9-22(37)17-27(24)43-28(30)18-36(4,5)19-29(43)44/h9,12,15-17,20,23,41H,7-8,10-11,13-14,18-19H2,1-6H3,(H2,39,45)(H,40,46)/t20-,23-. The molecule has 0 saturated heterocycles. The number of fused-ring (bicyclic) bond motifs is 3. The first kappa shape index (κ1) is 34.8. The number of nitrogens with one attached hydrogen (secondary N) is 2. The number of hydrogen-bond acceptors (Lipinski definition) is 6. The number of benzene rings is 2. The van der Waals surface area contributed by atoms with Crippen molar-refractivity contribution in [1.82, 2.24) is 14.8 Å². The maximum absolute atomic E-state index is 15.7. The van der Waals surface area contributed by atoms with Gasteiger partial charge in [-0.05, 0) is 94.2 Å². The number of carbonyl (C=O) groups excluding carboxylic acids is 4. The van der Waals surface area contributed by atoms with E-state index in [1.54, 1.807) is 40.0 Å². The molecule has 10 nitrogen and oxygen atoms in total. The molecule has 2 aliphatic rings. The van der Waals surface area contributed by atoms with E-state index in [1.165, 1.54) is 27.7 Å². The topological polar surface area (TPSA) is 136 Å². The Hall–Kier alpha value is -4.48. The van der Waals surface area contributed by atoms with Gasteiger partial charge in [-0.2, -0.15) is 0 Å². The van der Waals surface area contributed by atoms with Crippen LogP contribution in [0.4, 0.5) is 19.3 Å². The molecule has 1 aromatic heterocycles. The van der Waals surface area contributed by atoms with Crippen molar-refractivity contribution in [2.45, 2.75) is 84.8 Å². The number of aromatic nitrogens is 1. The summed E-state index contributed by atoms with van der Waals surface area (Å²) in [5.74, 6) is -2.70. The zero-order chi connectivity index (χ0) is 35.1. The van der Waals surface area contributed by atoms with Crippen LogP contribution in [0.25, 0.3) is 22.0 Å². The molecular weight excluding hydrogens is 620 g/mol. The maximum atomic E-state index is 15.7. The van der Waals surface area contributed by atoms with Crippen LogP contribution in [0.5, 0.6) is 0 Å². The number of halogens is 2. The molecule has 0 atom stereocenters. The zero-order valence-corrected chi connectivity index (χ0v) is 28.5. The van der Waals surface area contributed by atoms with Gasteiger partial charge in [0.05, 0.1) is 16.8 Å². The summed E-state index contributed by atoms with van der Waals surface area (Å²) in [6.45, 7) is 9.93. The monoisotopic (exact) mass is 665 g/mol. The number of nitrogens with zero attached hydrogens (tertiary/aromatic N) is 2. The highest BCUT2D eigenvalue weighted by Crippen LogP contribution is 2.44. The van der Waals surface area contributed by atoms with E-state index in [9.17, 15) is 23.6 Å². The third-order valence-corrected chi connectivity index (χ3v) is 9.09. The highest BCUT2D eigenvalue weighted by molar-refractivity contribution is 6.06. The Labute approximate surface area is 279 Å². The van der Waals surface area contributed by atoms with Crippen molar-refractivity contribution in [1.29, 1.82) is 0 Å². The molecule has 0 radical (unpaired) electrons. The first-order valence-corrected chi connectivity index (χ1v) is 16.4. The first-order valence-electron chi connectivity index (χ1n) is 16.4. The molecule has 0 unspecified atom stereocenters. The predicted octanol–water partition coefficient (Wildman–Crippen LogP) is 6.25. The van der Waals surface area contributed by atoms with E-state index in [0.717, 1.165) is 0 Å². The third kappa shape index (κ3) is 7.47. The van der Waals surface area contributed by atoms with Gasteiger partial charge >= 0.3 is 6.09 Å². The number of likely N-dealkylation sites (N-methyl/N-ethyl adjacent to an activating group) is 1. The van der Waals surface area contributed by atoms with Gasteiger partial charge in [0.25, 0.3) is 5.91 Å². The highest BCUT2D eigenvalue weighted by Gasteiger charge is 2.36. The number of primary amides is 1. The molecule has 1 fully saturated rings. The van der Waals surface area contributed by atoms with Crippen LogP contribution < -0.4 is 16.4 Å². The number of anilines is 1. The first-order chi connectivity index (χ1) is 22.4. The number of amides is 3. The van der Waals surface area contributed by atoms with Crippen molar-refractivity contribution in [3.8, 4) is 11.1 Å². The van der Waals surface area contributed by atoms with Crippen LogP contribution >= 0.6 is 0 Å². The number of nitrogens with two attached hydrogens (primary N) is 1. The predicted molar refractivity (Wildman–Crippen MR) is 180 cm³/mol. The Balaban J connectivity index is 1.33. The summed E-state index contributed by atoms with van der Waals surface area (Å²) in [4.78, 5) is 52.2. The lowest BCUT2D eigenvalue weighted by atomic mass is 9.80. The van der Waals surface area contributed by atoms with E-state index in [4.69, 9.17) is 10.5 Å². The second kappa shape index (κ2) is 13.2. The second-order valence-electron chi connectivity index (χ2n) is 14.9. The molecule has 3 aromatic rings. The minimum atomic E-state index is -0.923. The SMILES string of the molecule is CN(CCNC(=O)[C@H]1CC[C@H](Nc2cc(-c3c4n(c5cc(F)ccc35)C(=O)CC(C)(C)C4)cc(F)c2C(N)=O)CC1)C(=O)OC(C)(C)C. The van der Waals surface area contributed by atoms with Crippen molar-refractivity contribution in [2.75, 3.05) is 25.5 Å².